The fourth-order valence-electron chi connectivity index (χ4n) is 2.39. The first-order valence-electron chi connectivity index (χ1n) is 7.12. The molecule has 0 saturated carbocycles. The third kappa shape index (κ3) is 4.14. The summed E-state index contributed by atoms with van der Waals surface area (Å²) in [4.78, 5) is 6.83. The Balaban J connectivity index is 1.99. The van der Waals surface area contributed by atoms with Gasteiger partial charge in [0.25, 0.3) is 0 Å². The van der Waals surface area contributed by atoms with E-state index in [1.54, 1.807) is 6.07 Å². The van der Waals surface area contributed by atoms with Gasteiger partial charge in [-0.15, -0.1) is 0 Å². The summed E-state index contributed by atoms with van der Waals surface area (Å²) in [6.07, 6.45) is 2.24. The topological polar surface area (TPSA) is 40.2 Å². The van der Waals surface area contributed by atoms with Crippen molar-refractivity contribution in [1.29, 1.82) is 0 Å². The number of pyridine rings is 1. The summed E-state index contributed by atoms with van der Waals surface area (Å²) >= 11 is 12.3. The maximum absolute atomic E-state index is 6.20. The molecule has 112 valence electrons. The summed E-state index contributed by atoms with van der Waals surface area (Å²) in [5.41, 5.74) is 0. The molecule has 6 heteroatoms. The minimum absolute atomic E-state index is 0.564. The van der Waals surface area contributed by atoms with Gasteiger partial charge in [0.2, 0.25) is 0 Å². The summed E-state index contributed by atoms with van der Waals surface area (Å²) in [7, 11) is 2.15. The van der Waals surface area contributed by atoms with Gasteiger partial charge in [-0.3, -0.25) is 0 Å². The largest absolute Gasteiger partial charge is 0.369 e. The Labute approximate surface area is 130 Å². The Morgan fingerprint density at radius 3 is 2.60 bits per heavy atom. The Kier molecular flexibility index (Phi) is 5.75. The number of likely N-dealkylation sites (tertiary alicyclic amines) is 1. The predicted octanol–water partition coefficient (Wildman–Crippen LogP) is 3.57. The highest BCUT2D eigenvalue weighted by molar-refractivity contribution is 6.37. The molecule has 0 amide bonds. The van der Waals surface area contributed by atoms with Crippen molar-refractivity contribution in [2.24, 2.45) is 5.92 Å². The van der Waals surface area contributed by atoms with E-state index in [4.69, 9.17) is 23.2 Å². The number of rotatable bonds is 6. The number of aromatic nitrogens is 1. The first-order valence-corrected chi connectivity index (χ1v) is 7.88. The second-order valence-electron chi connectivity index (χ2n) is 5.37. The molecule has 0 bridgehead atoms. The van der Waals surface area contributed by atoms with E-state index in [1.807, 2.05) is 0 Å². The van der Waals surface area contributed by atoms with Crippen molar-refractivity contribution in [1.82, 2.24) is 9.88 Å². The third-order valence-electron chi connectivity index (χ3n) is 3.52. The van der Waals surface area contributed by atoms with Gasteiger partial charge in [0.15, 0.2) is 0 Å². The van der Waals surface area contributed by atoms with Gasteiger partial charge in [0, 0.05) is 19.6 Å². The third-order valence-corrected chi connectivity index (χ3v) is 4.10. The molecular formula is C14H22Cl2N4. The molecule has 20 heavy (non-hydrogen) atoms. The fourth-order valence-corrected chi connectivity index (χ4v) is 2.88. The van der Waals surface area contributed by atoms with Crippen LogP contribution in [0.2, 0.25) is 10.0 Å². The minimum Gasteiger partial charge on any atom is -0.369 e. The van der Waals surface area contributed by atoms with Gasteiger partial charge in [-0.25, -0.2) is 4.98 Å². The summed E-state index contributed by atoms with van der Waals surface area (Å²) in [5, 5.41) is 7.70. The molecule has 1 unspecified atom stereocenters. The lowest BCUT2D eigenvalue weighted by atomic mass is 10.1. The zero-order valence-corrected chi connectivity index (χ0v) is 13.6. The SMILES string of the molecule is CCCNc1nc(NCC2CCN(C)C2)c(Cl)cc1Cl. The lowest BCUT2D eigenvalue weighted by molar-refractivity contribution is 0.399. The molecule has 1 aliphatic heterocycles. The van der Waals surface area contributed by atoms with Crippen molar-refractivity contribution in [3.63, 3.8) is 0 Å². The van der Waals surface area contributed by atoms with Crippen molar-refractivity contribution in [2.75, 3.05) is 43.9 Å². The van der Waals surface area contributed by atoms with Gasteiger partial charge >= 0.3 is 0 Å². The number of hydrogen-bond donors (Lipinski definition) is 2. The summed E-state index contributed by atoms with van der Waals surface area (Å²) in [6, 6.07) is 1.75. The normalized spacial score (nSPS) is 19.3. The Hall–Kier alpha value is -0.710. The van der Waals surface area contributed by atoms with Crippen molar-refractivity contribution < 1.29 is 0 Å². The van der Waals surface area contributed by atoms with E-state index in [0.717, 1.165) is 32.6 Å². The first kappa shape index (κ1) is 15.7. The highest BCUT2D eigenvalue weighted by atomic mass is 35.5. The smallest absolute Gasteiger partial charge is 0.147 e. The van der Waals surface area contributed by atoms with E-state index in [0.29, 0.717) is 27.6 Å². The second-order valence-corrected chi connectivity index (χ2v) is 6.19. The van der Waals surface area contributed by atoms with E-state index in [2.05, 4.69) is 34.5 Å². The van der Waals surface area contributed by atoms with Gasteiger partial charge in [0.05, 0.1) is 10.0 Å². The molecule has 2 rings (SSSR count). The molecule has 1 aromatic heterocycles. The highest BCUT2D eigenvalue weighted by Crippen LogP contribution is 2.29. The molecule has 1 aromatic rings. The van der Waals surface area contributed by atoms with E-state index in [1.165, 1.54) is 6.42 Å². The number of halogens is 2. The van der Waals surface area contributed by atoms with Crippen LogP contribution in [0.4, 0.5) is 11.6 Å². The molecule has 0 radical (unpaired) electrons. The monoisotopic (exact) mass is 316 g/mol. The second kappa shape index (κ2) is 7.34. The Morgan fingerprint density at radius 2 is 2.00 bits per heavy atom. The van der Waals surface area contributed by atoms with E-state index in [-0.39, 0.29) is 0 Å². The molecule has 1 saturated heterocycles. The average Bonchev–Trinajstić information content (AvgIpc) is 2.82. The molecule has 1 atom stereocenters. The van der Waals surface area contributed by atoms with E-state index < -0.39 is 0 Å². The highest BCUT2D eigenvalue weighted by Gasteiger charge is 2.19. The average molecular weight is 317 g/mol. The molecule has 0 aliphatic carbocycles. The maximum atomic E-state index is 6.20. The van der Waals surface area contributed by atoms with Gasteiger partial charge < -0.3 is 15.5 Å². The van der Waals surface area contributed by atoms with Crippen LogP contribution in [0.1, 0.15) is 19.8 Å². The summed E-state index contributed by atoms with van der Waals surface area (Å²) in [5.74, 6) is 2.06. The van der Waals surface area contributed by atoms with Crippen molar-refractivity contribution >= 4 is 34.8 Å². The Bertz CT molecular complexity index is 453. The van der Waals surface area contributed by atoms with Crippen LogP contribution >= 0.6 is 23.2 Å². The molecular weight excluding hydrogens is 295 g/mol. The van der Waals surface area contributed by atoms with E-state index in [9.17, 15) is 0 Å². The number of hydrogen-bond acceptors (Lipinski definition) is 4. The van der Waals surface area contributed by atoms with Crippen LogP contribution in [0.3, 0.4) is 0 Å². The van der Waals surface area contributed by atoms with Crippen LogP contribution in [-0.4, -0.2) is 43.1 Å². The molecule has 1 fully saturated rings. The number of nitrogens with one attached hydrogen (secondary N) is 2. The molecule has 2 heterocycles. The van der Waals surface area contributed by atoms with Crippen LogP contribution in [0.5, 0.6) is 0 Å². The van der Waals surface area contributed by atoms with E-state index >= 15 is 0 Å². The summed E-state index contributed by atoms with van der Waals surface area (Å²) in [6.45, 7) is 6.14. The lowest BCUT2D eigenvalue weighted by Crippen LogP contribution is -2.19. The van der Waals surface area contributed by atoms with Crippen molar-refractivity contribution in [3.05, 3.63) is 16.1 Å². The van der Waals surface area contributed by atoms with Crippen LogP contribution in [0.25, 0.3) is 0 Å². The number of nitrogens with zero attached hydrogens (tertiary/aromatic N) is 2. The zero-order valence-electron chi connectivity index (χ0n) is 12.0. The fraction of sp³-hybridized carbons (Fsp3) is 0.643. The van der Waals surface area contributed by atoms with Gasteiger partial charge in [-0.2, -0.15) is 0 Å². The van der Waals surface area contributed by atoms with Crippen molar-refractivity contribution in [2.45, 2.75) is 19.8 Å². The molecule has 4 nitrogen and oxygen atoms in total. The number of anilines is 2. The van der Waals surface area contributed by atoms with Crippen LogP contribution in [0, 0.1) is 5.92 Å². The van der Waals surface area contributed by atoms with Gasteiger partial charge in [-0.1, -0.05) is 30.1 Å². The molecule has 0 spiro atoms. The zero-order chi connectivity index (χ0) is 14.5. The standard InChI is InChI=1S/C14H22Cl2N4/c1-3-5-17-13-11(15)7-12(16)14(19-13)18-8-10-4-6-20(2)9-10/h7,10H,3-6,8-9H2,1-2H3,(H2,17,18,19). The van der Waals surface area contributed by atoms with Crippen LogP contribution in [0.15, 0.2) is 6.07 Å². The molecule has 1 aliphatic rings. The Morgan fingerprint density at radius 1 is 1.30 bits per heavy atom. The quantitative estimate of drug-likeness (QED) is 0.841. The van der Waals surface area contributed by atoms with Gasteiger partial charge in [-0.05, 0) is 38.4 Å². The van der Waals surface area contributed by atoms with Crippen LogP contribution < -0.4 is 10.6 Å². The lowest BCUT2D eigenvalue weighted by Gasteiger charge is -2.15. The first-order chi connectivity index (χ1) is 9.60. The van der Waals surface area contributed by atoms with Crippen LogP contribution in [-0.2, 0) is 0 Å². The molecule has 0 aromatic carbocycles. The van der Waals surface area contributed by atoms with Crippen molar-refractivity contribution in [3.8, 4) is 0 Å². The minimum atomic E-state index is 0.564. The summed E-state index contributed by atoms with van der Waals surface area (Å²) < 4.78 is 0. The molecule has 2 N–H and O–H groups in total. The maximum Gasteiger partial charge on any atom is 0.147 e. The van der Waals surface area contributed by atoms with Gasteiger partial charge in [0.1, 0.15) is 11.6 Å². The predicted molar refractivity (Wildman–Crippen MR) is 87.1 cm³/mol.